The molecular formula is C17H14ClF3N2O3. The number of hydrogen-bond donors (Lipinski definition) is 0. The van der Waals surface area contributed by atoms with Crippen LogP contribution in [-0.4, -0.2) is 22.1 Å². The average molecular weight is 387 g/mol. The molecule has 0 N–H and O–H groups in total. The number of cyclic esters (lactones) is 1. The van der Waals surface area contributed by atoms with Crippen LogP contribution < -0.4 is 4.74 Å². The normalized spacial score (nSPS) is 16.8. The van der Waals surface area contributed by atoms with E-state index in [-0.39, 0.29) is 25.5 Å². The van der Waals surface area contributed by atoms with Gasteiger partial charge in [0.1, 0.15) is 12.4 Å². The number of carbonyl (C=O) groups excluding carboxylic acids is 1. The van der Waals surface area contributed by atoms with Crippen molar-refractivity contribution >= 4 is 17.6 Å². The summed E-state index contributed by atoms with van der Waals surface area (Å²) in [6, 6.07) is 5.09. The van der Waals surface area contributed by atoms with Gasteiger partial charge in [-0.3, -0.25) is 4.79 Å². The van der Waals surface area contributed by atoms with Gasteiger partial charge in [-0.15, -0.1) is 0 Å². The first kappa shape index (κ1) is 18.4. The minimum Gasteiger partial charge on any atom is -0.460 e. The number of ether oxygens (including phenoxy) is 2. The van der Waals surface area contributed by atoms with E-state index in [0.717, 1.165) is 0 Å². The van der Waals surface area contributed by atoms with Crippen LogP contribution in [-0.2, 0) is 16.1 Å². The summed E-state index contributed by atoms with van der Waals surface area (Å²) in [5.74, 6) is -1.07. The topological polar surface area (TPSA) is 61.3 Å². The number of rotatable bonds is 5. The molecule has 0 amide bonds. The van der Waals surface area contributed by atoms with E-state index in [0.29, 0.717) is 21.9 Å². The van der Waals surface area contributed by atoms with Crippen molar-refractivity contribution in [3.63, 3.8) is 0 Å². The third-order valence-electron chi connectivity index (χ3n) is 3.91. The largest absolute Gasteiger partial charge is 0.460 e. The lowest BCUT2D eigenvalue weighted by Crippen LogP contribution is -2.24. The van der Waals surface area contributed by atoms with Crippen molar-refractivity contribution in [1.82, 2.24) is 9.97 Å². The maximum Gasteiger partial charge on any atom is 0.389 e. The fraction of sp³-hybridized carbons (Fsp3) is 0.353. The van der Waals surface area contributed by atoms with E-state index in [1.807, 2.05) is 0 Å². The summed E-state index contributed by atoms with van der Waals surface area (Å²) in [7, 11) is 0. The van der Waals surface area contributed by atoms with Gasteiger partial charge < -0.3 is 9.47 Å². The van der Waals surface area contributed by atoms with Crippen LogP contribution in [0.4, 0.5) is 13.2 Å². The second kappa shape index (κ2) is 7.49. The fourth-order valence-corrected chi connectivity index (χ4v) is 2.89. The number of nitrogens with zero attached hydrogens (tertiary/aromatic N) is 2. The van der Waals surface area contributed by atoms with Gasteiger partial charge >= 0.3 is 18.2 Å². The Balaban J connectivity index is 1.86. The molecule has 0 bridgehead atoms. The Morgan fingerprint density at radius 1 is 1.27 bits per heavy atom. The Labute approximate surface area is 152 Å². The summed E-state index contributed by atoms with van der Waals surface area (Å²) in [5, 5.41) is 0.334. The molecule has 1 aliphatic rings. The number of halogens is 4. The van der Waals surface area contributed by atoms with Crippen molar-refractivity contribution in [2.75, 3.05) is 0 Å². The highest BCUT2D eigenvalue weighted by Gasteiger charge is 2.34. The molecule has 5 nitrogen and oxygen atoms in total. The summed E-state index contributed by atoms with van der Waals surface area (Å²) in [6.45, 7) is 0.0443. The standard InChI is InChI=1S/C17H14ClF3N2O3/c18-11-7-22-16(23-8-11)26-13-5-1-3-10-9-25-15(24)12(14(10)13)4-2-6-17(19,20)21/h1,3,5,7-8,12H,2,4,6,9H2. The van der Waals surface area contributed by atoms with Gasteiger partial charge in [-0.05, 0) is 24.5 Å². The number of alkyl halides is 3. The molecule has 1 aromatic heterocycles. The summed E-state index contributed by atoms with van der Waals surface area (Å²) < 4.78 is 48.0. The van der Waals surface area contributed by atoms with E-state index in [4.69, 9.17) is 21.1 Å². The Morgan fingerprint density at radius 2 is 2.00 bits per heavy atom. The Morgan fingerprint density at radius 3 is 2.69 bits per heavy atom. The molecule has 1 aliphatic heterocycles. The van der Waals surface area contributed by atoms with Crippen LogP contribution in [0, 0.1) is 0 Å². The van der Waals surface area contributed by atoms with E-state index >= 15 is 0 Å². The predicted molar refractivity (Wildman–Crippen MR) is 86.0 cm³/mol. The minimum atomic E-state index is -4.27. The molecule has 1 atom stereocenters. The maximum atomic E-state index is 12.4. The van der Waals surface area contributed by atoms with Gasteiger partial charge in [0.15, 0.2) is 0 Å². The van der Waals surface area contributed by atoms with Crippen LogP contribution in [0.5, 0.6) is 11.8 Å². The Hall–Kier alpha value is -2.35. The quantitative estimate of drug-likeness (QED) is 0.691. The SMILES string of the molecule is O=C1OCc2cccc(Oc3ncc(Cl)cn3)c2C1CCCC(F)(F)F. The molecule has 9 heteroatoms. The van der Waals surface area contributed by atoms with Crippen LogP contribution in [0.1, 0.15) is 36.3 Å². The maximum absolute atomic E-state index is 12.4. The molecule has 0 saturated carbocycles. The molecular weight excluding hydrogens is 373 g/mol. The molecule has 26 heavy (non-hydrogen) atoms. The van der Waals surface area contributed by atoms with E-state index in [1.54, 1.807) is 18.2 Å². The van der Waals surface area contributed by atoms with Crippen LogP contribution >= 0.6 is 11.6 Å². The summed E-state index contributed by atoms with van der Waals surface area (Å²) in [5.41, 5.74) is 1.21. The third-order valence-corrected chi connectivity index (χ3v) is 4.11. The molecule has 1 unspecified atom stereocenters. The van der Waals surface area contributed by atoms with Crippen molar-refractivity contribution in [3.8, 4) is 11.8 Å². The zero-order chi connectivity index (χ0) is 18.7. The molecule has 3 rings (SSSR count). The van der Waals surface area contributed by atoms with Crippen LogP contribution in [0.15, 0.2) is 30.6 Å². The lowest BCUT2D eigenvalue weighted by molar-refractivity contribution is -0.150. The number of fused-ring (bicyclic) bond motifs is 1. The first-order valence-electron chi connectivity index (χ1n) is 7.84. The van der Waals surface area contributed by atoms with Gasteiger partial charge in [0.25, 0.3) is 0 Å². The Kier molecular flexibility index (Phi) is 5.31. The second-order valence-electron chi connectivity index (χ2n) is 5.78. The third kappa shape index (κ3) is 4.43. The van der Waals surface area contributed by atoms with Crippen LogP contribution in [0.3, 0.4) is 0 Å². The van der Waals surface area contributed by atoms with Gasteiger partial charge in [-0.25, -0.2) is 9.97 Å². The smallest absolute Gasteiger partial charge is 0.389 e. The summed E-state index contributed by atoms with van der Waals surface area (Å²) in [4.78, 5) is 20.0. The number of aromatic nitrogens is 2. The zero-order valence-corrected chi connectivity index (χ0v) is 14.2. The average Bonchev–Trinajstić information content (AvgIpc) is 2.58. The molecule has 0 fully saturated rings. The molecule has 0 saturated heterocycles. The lowest BCUT2D eigenvalue weighted by atomic mass is 9.87. The number of benzene rings is 1. The van der Waals surface area contributed by atoms with E-state index in [1.165, 1.54) is 12.4 Å². The van der Waals surface area contributed by atoms with Gasteiger partial charge in [0.05, 0.1) is 23.3 Å². The van der Waals surface area contributed by atoms with E-state index in [9.17, 15) is 18.0 Å². The lowest BCUT2D eigenvalue weighted by Gasteiger charge is -2.26. The van der Waals surface area contributed by atoms with Gasteiger partial charge in [-0.2, -0.15) is 13.2 Å². The monoisotopic (exact) mass is 386 g/mol. The van der Waals surface area contributed by atoms with Crippen LogP contribution in [0.25, 0.3) is 0 Å². The van der Waals surface area contributed by atoms with E-state index in [2.05, 4.69) is 9.97 Å². The van der Waals surface area contributed by atoms with E-state index < -0.39 is 24.5 Å². The molecule has 0 spiro atoms. The molecule has 138 valence electrons. The van der Waals surface area contributed by atoms with Gasteiger partial charge in [-0.1, -0.05) is 23.7 Å². The minimum absolute atomic E-state index is 0.00713. The van der Waals surface area contributed by atoms with Gasteiger partial charge in [0, 0.05) is 12.0 Å². The molecule has 1 aromatic carbocycles. The van der Waals surface area contributed by atoms with Gasteiger partial charge in [0.2, 0.25) is 0 Å². The number of hydrogen-bond acceptors (Lipinski definition) is 5. The summed E-state index contributed by atoms with van der Waals surface area (Å²) in [6.07, 6.45) is -2.70. The number of carbonyl (C=O) groups is 1. The van der Waals surface area contributed by atoms with Crippen molar-refractivity contribution < 1.29 is 27.4 Å². The first-order valence-corrected chi connectivity index (χ1v) is 8.22. The highest BCUT2D eigenvalue weighted by atomic mass is 35.5. The molecule has 0 aliphatic carbocycles. The highest BCUT2D eigenvalue weighted by Crippen LogP contribution is 2.40. The second-order valence-corrected chi connectivity index (χ2v) is 6.22. The zero-order valence-electron chi connectivity index (χ0n) is 13.4. The van der Waals surface area contributed by atoms with Crippen molar-refractivity contribution in [3.05, 3.63) is 46.7 Å². The molecule has 2 aromatic rings. The molecule has 0 radical (unpaired) electrons. The van der Waals surface area contributed by atoms with Crippen LogP contribution in [0.2, 0.25) is 5.02 Å². The number of esters is 1. The Bertz CT molecular complexity index is 797. The highest BCUT2D eigenvalue weighted by molar-refractivity contribution is 6.30. The van der Waals surface area contributed by atoms with Crippen molar-refractivity contribution in [1.29, 1.82) is 0 Å². The summed E-state index contributed by atoms with van der Waals surface area (Å²) >= 11 is 5.73. The molecule has 2 heterocycles. The fourth-order valence-electron chi connectivity index (χ4n) is 2.79. The predicted octanol–water partition coefficient (Wildman–Crippen LogP) is 4.80. The van der Waals surface area contributed by atoms with Crippen molar-refractivity contribution in [2.24, 2.45) is 0 Å². The first-order chi connectivity index (χ1) is 12.3. The van der Waals surface area contributed by atoms with Crippen molar-refractivity contribution in [2.45, 2.75) is 38.0 Å².